The Bertz CT molecular complexity index is 323. The Labute approximate surface area is 76.8 Å². The summed E-state index contributed by atoms with van der Waals surface area (Å²) in [7, 11) is 0. The number of cyclic esters (lactones) is 1. The molecule has 3 heteroatoms. The molecule has 0 N–H and O–H groups in total. The van der Waals surface area contributed by atoms with Gasteiger partial charge in [0.15, 0.2) is 5.78 Å². The third-order valence-electron chi connectivity index (χ3n) is 2.84. The molecule has 0 fully saturated rings. The molecule has 0 saturated heterocycles. The second-order valence-electron chi connectivity index (χ2n) is 4.24. The maximum Gasteiger partial charge on any atom is 0.335 e. The lowest BCUT2D eigenvalue weighted by molar-refractivity contribution is -0.136. The molecule has 0 radical (unpaired) electrons. The highest BCUT2D eigenvalue weighted by molar-refractivity contribution is 6.08. The van der Waals surface area contributed by atoms with Crippen LogP contribution in [0.25, 0.3) is 0 Å². The third-order valence-corrected chi connectivity index (χ3v) is 2.84. The van der Waals surface area contributed by atoms with Gasteiger partial charge in [-0.3, -0.25) is 4.79 Å². The third kappa shape index (κ3) is 1.10. The molecule has 0 aromatic rings. The molecule has 0 atom stereocenters. The summed E-state index contributed by atoms with van der Waals surface area (Å²) in [6.45, 7) is 4.17. The zero-order valence-corrected chi connectivity index (χ0v) is 7.85. The van der Waals surface area contributed by atoms with Crippen LogP contribution < -0.4 is 0 Å². The molecule has 1 aliphatic heterocycles. The molecule has 0 aromatic heterocycles. The van der Waals surface area contributed by atoms with Crippen LogP contribution in [0.1, 0.15) is 26.7 Å². The monoisotopic (exact) mass is 180 g/mol. The maximum atomic E-state index is 11.4. The number of ether oxygens (including phenoxy) is 1. The molecule has 2 rings (SSSR count). The Morgan fingerprint density at radius 3 is 2.62 bits per heavy atom. The van der Waals surface area contributed by atoms with E-state index in [1.165, 1.54) is 0 Å². The van der Waals surface area contributed by atoms with Crippen LogP contribution in [-0.4, -0.2) is 18.4 Å². The molecular weight excluding hydrogens is 168 g/mol. The van der Waals surface area contributed by atoms with Crippen molar-refractivity contribution in [3.05, 3.63) is 11.1 Å². The van der Waals surface area contributed by atoms with E-state index in [9.17, 15) is 9.59 Å². The lowest BCUT2D eigenvalue weighted by Crippen LogP contribution is -2.27. The highest BCUT2D eigenvalue weighted by Gasteiger charge is 2.42. The number of Topliss-reactive ketones (excluding diaryl/α,β-unsaturated/α-hetero) is 1. The van der Waals surface area contributed by atoms with E-state index in [0.717, 1.165) is 6.42 Å². The van der Waals surface area contributed by atoms with E-state index in [0.29, 0.717) is 17.6 Å². The molecule has 13 heavy (non-hydrogen) atoms. The van der Waals surface area contributed by atoms with Crippen molar-refractivity contribution in [1.29, 1.82) is 0 Å². The standard InChI is InChI=1S/C10H12O3/c1-10(2)4-3-7(11)6-5-13-9(12)8(6)10/h3-5H2,1-2H3. The average molecular weight is 180 g/mol. The summed E-state index contributed by atoms with van der Waals surface area (Å²) in [4.78, 5) is 22.8. The van der Waals surface area contributed by atoms with Crippen molar-refractivity contribution in [2.75, 3.05) is 6.61 Å². The predicted octanol–water partition coefficient (Wildman–Crippen LogP) is 1.23. The molecule has 0 aromatic carbocycles. The number of hydrogen-bond donors (Lipinski definition) is 0. The number of ketones is 1. The summed E-state index contributed by atoms with van der Waals surface area (Å²) in [5.74, 6) is -0.215. The highest BCUT2D eigenvalue weighted by Crippen LogP contribution is 2.41. The summed E-state index contributed by atoms with van der Waals surface area (Å²) in [6, 6.07) is 0. The number of hydrogen-bond acceptors (Lipinski definition) is 3. The van der Waals surface area contributed by atoms with Crippen LogP contribution in [0, 0.1) is 5.41 Å². The van der Waals surface area contributed by atoms with Crippen molar-refractivity contribution in [1.82, 2.24) is 0 Å². The predicted molar refractivity (Wildman–Crippen MR) is 46.0 cm³/mol. The molecule has 2 aliphatic rings. The van der Waals surface area contributed by atoms with Crippen LogP contribution in [0.15, 0.2) is 11.1 Å². The Kier molecular flexibility index (Phi) is 1.59. The summed E-state index contributed by atoms with van der Waals surface area (Å²) in [5, 5.41) is 0. The lowest BCUT2D eigenvalue weighted by atomic mass is 9.73. The second kappa shape index (κ2) is 2.44. The molecule has 1 aliphatic carbocycles. The van der Waals surface area contributed by atoms with Crippen molar-refractivity contribution in [2.24, 2.45) is 5.41 Å². The minimum Gasteiger partial charge on any atom is -0.457 e. The quantitative estimate of drug-likeness (QED) is 0.526. The molecule has 0 unspecified atom stereocenters. The summed E-state index contributed by atoms with van der Waals surface area (Å²) in [5.41, 5.74) is 1.04. The van der Waals surface area contributed by atoms with E-state index in [2.05, 4.69) is 0 Å². The first-order chi connectivity index (χ1) is 6.02. The Balaban J connectivity index is 2.53. The normalized spacial score (nSPS) is 26.0. The molecule has 70 valence electrons. The zero-order valence-electron chi connectivity index (χ0n) is 7.85. The molecule has 0 bridgehead atoms. The van der Waals surface area contributed by atoms with E-state index in [1.807, 2.05) is 13.8 Å². The molecule has 3 nitrogen and oxygen atoms in total. The maximum absolute atomic E-state index is 11.4. The van der Waals surface area contributed by atoms with E-state index < -0.39 is 0 Å². The number of rotatable bonds is 0. The zero-order chi connectivity index (χ0) is 9.64. The van der Waals surface area contributed by atoms with Gasteiger partial charge in [-0.05, 0) is 11.8 Å². The first-order valence-electron chi connectivity index (χ1n) is 4.46. The minimum atomic E-state index is -0.298. The van der Waals surface area contributed by atoms with E-state index in [4.69, 9.17) is 4.74 Å². The fourth-order valence-corrected chi connectivity index (χ4v) is 2.01. The molecular formula is C10H12O3. The number of carbonyl (C=O) groups is 2. The fourth-order valence-electron chi connectivity index (χ4n) is 2.01. The van der Waals surface area contributed by atoms with Gasteiger partial charge in [0.25, 0.3) is 0 Å². The van der Waals surface area contributed by atoms with Crippen LogP contribution in [-0.2, 0) is 14.3 Å². The summed E-state index contributed by atoms with van der Waals surface area (Å²) >= 11 is 0. The van der Waals surface area contributed by atoms with Gasteiger partial charge in [0, 0.05) is 12.0 Å². The van der Waals surface area contributed by atoms with Crippen molar-refractivity contribution in [3.8, 4) is 0 Å². The first kappa shape index (κ1) is 8.48. The van der Waals surface area contributed by atoms with Gasteiger partial charge >= 0.3 is 5.97 Å². The topological polar surface area (TPSA) is 43.4 Å². The first-order valence-corrected chi connectivity index (χ1v) is 4.46. The minimum absolute atomic E-state index is 0.0835. The van der Waals surface area contributed by atoms with Crippen LogP contribution in [0.4, 0.5) is 0 Å². The van der Waals surface area contributed by atoms with Gasteiger partial charge in [-0.1, -0.05) is 13.8 Å². The summed E-state index contributed by atoms with van der Waals surface area (Å²) in [6.07, 6.45) is 1.29. The van der Waals surface area contributed by atoms with Gasteiger partial charge in [0.05, 0.1) is 5.57 Å². The van der Waals surface area contributed by atoms with E-state index in [-0.39, 0.29) is 23.8 Å². The van der Waals surface area contributed by atoms with Crippen LogP contribution in [0.5, 0.6) is 0 Å². The van der Waals surface area contributed by atoms with Gasteiger partial charge in [-0.25, -0.2) is 4.79 Å². The van der Waals surface area contributed by atoms with Crippen LogP contribution >= 0.6 is 0 Å². The summed E-state index contributed by atoms with van der Waals surface area (Å²) < 4.78 is 4.87. The van der Waals surface area contributed by atoms with Gasteiger partial charge in [-0.15, -0.1) is 0 Å². The Morgan fingerprint density at radius 2 is 2.00 bits per heavy atom. The van der Waals surface area contributed by atoms with Gasteiger partial charge in [0.1, 0.15) is 6.61 Å². The van der Waals surface area contributed by atoms with Crippen molar-refractivity contribution in [3.63, 3.8) is 0 Å². The van der Waals surface area contributed by atoms with Crippen molar-refractivity contribution < 1.29 is 14.3 Å². The molecule has 1 heterocycles. The molecule has 0 saturated carbocycles. The second-order valence-corrected chi connectivity index (χ2v) is 4.24. The van der Waals surface area contributed by atoms with E-state index in [1.54, 1.807) is 0 Å². The smallest absolute Gasteiger partial charge is 0.335 e. The largest absolute Gasteiger partial charge is 0.457 e. The van der Waals surface area contributed by atoms with Gasteiger partial charge in [-0.2, -0.15) is 0 Å². The van der Waals surface area contributed by atoms with E-state index >= 15 is 0 Å². The number of esters is 1. The number of carbonyl (C=O) groups excluding carboxylic acids is 2. The van der Waals surface area contributed by atoms with Gasteiger partial charge in [0.2, 0.25) is 0 Å². The van der Waals surface area contributed by atoms with Crippen molar-refractivity contribution in [2.45, 2.75) is 26.7 Å². The lowest BCUT2D eigenvalue weighted by Gasteiger charge is -2.28. The van der Waals surface area contributed by atoms with Crippen LogP contribution in [0.3, 0.4) is 0 Å². The molecule has 0 amide bonds. The SMILES string of the molecule is CC1(C)CCC(=O)C2=C1C(=O)OC2. The Morgan fingerprint density at radius 1 is 1.31 bits per heavy atom. The van der Waals surface area contributed by atoms with Gasteiger partial charge < -0.3 is 4.74 Å². The fraction of sp³-hybridized carbons (Fsp3) is 0.600. The molecule has 0 spiro atoms. The highest BCUT2D eigenvalue weighted by atomic mass is 16.5. The average Bonchev–Trinajstić information content (AvgIpc) is 2.42. The Hall–Kier alpha value is -1.12. The van der Waals surface area contributed by atoms with Crippen molar-refractivity contribution >= 4 is 11.8 Å². The van der Waals surface area contributed by atoms with Crippen LogP contribution in [0.2, 0.25) is 0 Å².